The van der Waals surface area contributed by atoms with Crippen LogP contribution in [0, 0.1) is 11.8 Å². The first-order valence-electron chi connectivity index (χ1n) is 13.4. The van der Waals surface area contributed by atoms with Crippen LogP contribution in [-0.2, 0) is 27.8 Å². The number of hydrogen-bond donors (Lipinski definition) is 1. The number of ether oxygens (including phenoxy) is 2. The van der Waals surface area contributed by atoms with Gasteiger partial charge in [0.25, 0.3) is 5.91 Å². The summed E-state index contributed by atoms with van der Waals surface area (Å²) in [7, 11) is -2.07. The van der Waals surface area contributed by atoms with Crippen molar-refractivity contribution in [3.63, 3.8) is 0 Å². The summed E-state index contributed by atoms with van der Waals surface area (Å²) < 4.78 is 39.6. The first kappa shape index (κ1) is 27.0. The Bertz CT molecular complexity index is 1310. The molecular weight excluding hydrogens is 524 g/mol. The van der Waals surface area contributed by atoms with Gasteiger partial charge in [-0.15, -0.1) is 0 Å². The number of fused-ring (bicyclic) bond motifs is 3. The molecule has 1 aliphatic carbocycles. The number of halogens is 1. The van der Waals surface area contributed by atoms with Crippen LogP contribution in [0.15, 0.2) is 48.6 Å². The van der Waals surface area contributed by atoms with Gasteiger partial charge in [0, 0.05) is 30.8 Å². The Labute approximate surface area is 230 Å². The molecule has 9 heteroatoms. The number of methoxy groups -OCH3 is 1. The van der Waals surface area contributed by atoms with Crippen molar-refractivity contribution in [2.45, 2.75) is 51.2 Å². The maximum atomic E-state index is 13.0. The van der Waals surface area contributed by atoms with Gasteiger partial charge in [-0.2, -0.15) is 0 Å². The van der Waals surface area contributed by atoms with Crippen molar-refractivity contribution < 1.29 is 22.7 Å². The van der Waals surface area contributed by atoms with E-state index in [1.54, 1.807) is 25.3 Å². The van der Waals surface area contributed by atoms with Gasteiger partial charge in [-0.3, -0.25) is 4.79 Å². The van der Waals surface area contributed by atoms with Gasteiger partial charge in [0.15, 0.2) is 0 Å². The fourth-order valence-electron chi connectivity index (χ4n) is 5.72. The Hall–Kier alpha value is -2.55. The molecule has 2 aromatic rings. The summed E-state index contributed by atoms with van der Waals surface area (Å²) in [6, 6.07) is 11.1. The van der Waals surface area contributed by atoms with Crippen molar-refractivity contribution in [2.75, 3.05) is 30.9 Å². The highest BCUT2D eigenvalue weighted by atomic mass is 35.5. The van der Waals surface area contributed by atoms with Gasteiger partial charge in [0.05, 0.1) is 17.5 Å². The number of carbonyl (C=O) groups is 1. The lowest BCUT2D eigenvalue weighted by molar-refractivity contribution is 0.0135. The maximum Gasteiger partial charge on any atom is 0.264 e. The number of aryl methyl sites for hydroxylation is 1. The van der Waals surface area contributed by atoms with Gasteiger partial charge in [-0.05, 0) is 91.8 Å². The maximum absolute atomic E-state index is 13.0. The van der Waals surface area contributed by atoms with E-state index in [0.717, 1.165) is 61.5 Å². The van der Waals surface area contributed by atoms with Crippen LogP contribution in [0.2, 0.25) is 5.02 Å². The van der Waals surface area contributed by atoms with Crippen LogP contribution < -0.4 is 14.4 Å². The molecule has 2 bridgehead atoms. The Morgan fingerprint density at radius 1 is 1.11 bits per heavy atom. The molecule has 2 heterocycles. The van der Waals surface area contributed by atoms with Crippen LogP contribution in [0.1, 0.15) is 53.6 Å². The summed E-state index contributed by atoms with van der Waals surface area (Å²) in [5.74, 6) is 0.663. The number of nitrogens with one attached hydrogen (secondary N) is 1. The van der Waals surface area contributed by atoms with Crippen molar-refractivity contribution in [1.82, 2.24) is 4.72 Å². The van der Waals surface area contributed by atoms with E-state index >= 15 is 0 Å². The summed E-state index contributed by atoms with van der Waals surface area (Å²) in [6.45, 7) is 2.00. The van der Waals surface area contributed by atoms with E-state index in [1.807, 2.05) is 30.4 Å². The monoisotopic (exact) mass is 558 g/mol. The lowest BCUT2D eigenvalue weighted by Gasteiger charge is -2.43. The standard InChI is InChI=1S/C29H35ClN2O5S/c1-36-27-7-3-5-15-38(34,35)31-29(33)21-10-13-28-26(17-21)32(18-22-9-12-25(22)27)14-4-2-6-20-16-24(30)11-8-23(20)19-37-28/h3,7-8,10-11,13,16-17,22,25,27H,2,4-6,9,12,14-15,18-19H2,1H3,(H,31,33)/b7-3+/t22-,25+,27+/m0/s1. The molecule has 204 valence electrons. The summed E-state index contributed by atoms with van der Waals surface area (Å²) in [5.41, 5.74) is 3.40. The van der Waals surface area contributed by atoms with E-state index in [0.29, 0.717) is 36.2 Å². The SMILES string of the molecule is CO[C@@H]1/C=C/CCS(=O)(=O)NC(=O)c2ccc3c(c2)N(CCCCc2cc(Cl)ccc2CO3)C[C@@H]2CC[C@H]21. The van der Waals surface area contributed by atoms with Crippen LogP contribution in [-0.4, -0.2) is 46.4 Å². The largest absolute Gasteiger partial charge is 0.487 e. The van der Waals surface area contributed by atoms with Gasteiger partial charge >= 0.3 is 0 Å². The average Bonchev–Trinajstić information content (AvgIpc) is 2.90. The Morgan fingerprint density at radius 2 is 1.97 bits per heavy atom. The molecule has 5 rings (SSSR count). The second kappa shape index (κ2) is 11.7. The fraction of sp³-hybridized carbons (Fsp3) is 0.483. The molecule has 1 fully saturated rings. The fourth-order valence-corrected chi connectivity index (χ4v) is 6.86. The molecule has 0 aromatic heterocycles. The zero-order valence-electron chi connectivity index (χ0n) is 21.7. The van der Waals surface area contributed by atoms with Crippen molar-refractivity contribution in [3.05, 3.63) is 70.3 Å². The molecule has 38 heavy (non-hydrogen) atoms. The number of allylic oxidation sites excluding steroid dienone is 1. The highest BCUT2D eigenvalue weighted by Crippen LogP contribution is 2.41. The first-order valence-corrected chi connectivity index (χ1v) is 15.4. The molecule has 7 nitrogen and oxygen atoms in total. The highest BCUT2D eigenvalue weighted by molar-refractivity contribution is 7.90. The van der Waals surface area contributed by atoms with Crippen LogP contribution in [0.5, 0.6) is 5.75 Å². The van der Waals surface area contributed by atoms with Crippen LogP contribution in [0.4, 0.5) is 5.69 Å². The van der Waals surface area contributed by atoms with Crippen LogP contribution in [0.25, 0.3) is 0 Å². The number of hydrogen-bond acceptors (Lipinski definition) is 6. The number of benzene rings is 2. The van der Waals surface area contributed by atoms with Crippen molar-refractivity contribution in [1.29, 1.82) is 0 Å². The minimum absolute atomic E-state index is 0.0681. The van der Waals surface area contributed by atoms with Gasteiger partial charge < -0.3 is 14.4 Å². The lowest BCUT2D eigenvalue weighted by atomic mass is 9.70. The second-order valence-corrected chi connectivity index (χ2v) is 12.7. The van der Waals surface area contributed by atoms with Crippen molar-refractivity contribution in [2.24, 2.45) is 11.8 Å². The number of sulfonamides is 1. The van der Waals surface area contributed by atoms with E-state index in [1.165, 1.54) is 5.56 Å². The zero-order valence-corrected chi connectivity index (χ0v) is 23.3. The molecule has 0 spiro atoms. The minimum Gasteiger partial charge on any atom is -0.487 e. The molecular formula is C29H35ClN2O5S. The lowest BCUT2D eigenvalue weighted by Crippen LogP contribution is -2.43. The number of carbonyl (C=O) groups excluding carboxylic acids is 1. The molecule has 3 atom stereocenters. The molecule has 1 amide bonds. The number of nitrogens with zero attached hydrogens (tertiary/aromatic N) is 1. The quantitative estimate of drug-likeness (QED) is 0.489. The number of rotatable bonds is 1. The zero-order chi connectivity index (χ0) is 26.7. The summed E-state index contributed by atoms with van der Waals surface area (Å²) in [5, 5.41) is 0.720. The van der Waals surface area contributed by atoms with E-state index in [-0.39, 0.29) is 11.9 Å². The molecule has 0 unspecified atom stereocenters. The molecule has 0 saturated heterocycles. The van der Waals surface area contributed by atoms with Gasteiger partial charge in [0.2, 0.25) is 10.0 Å². The van der Waals surface area contributed by atoms with Crippen LogP contribution >= 0.6 is 11.6 Å². The third kappa shape index (κ3) is 6.19. The van der Waals surface area contributed by atoms with Crippen LogP contribution in [0.3, 0.4) is 0 Å². The molecule has 1 N–H and O–H groups in total. The second-order valence-electron chi connectivity index (χ2n) is 10.5. The predicted molar refractivity (Wildman–Crippen MR) is 149 cm³/mol. The summed E-state index contributed by atoms with van der Waals surface area (Å²) in [4.78, 5) is 15.3. The number of anilines is 1. The molecule has 2 aromatic carbocycles. The molecule has 1 saturated carbocycles. The highest BCUT2D eigenvalue weighted by Gasteiger charge is 2.37. The van der Waals surface area contributed by atoms with Crippen molar-refractivity contribution in [3.8, 4) is 5.75 Å². The Balaban J connectivity index is 1.53. The molecule has 2 aliphatic heterocycles. The van der Waals surface area contributed by atoms with E-state index in [9.17, 15) is 13.2 Å². The normalized spacial score (nSPS) is 26.5. The van der Waals surface area contributed by atoms with Gasteiger partial charge in [-0.25, -0.2) is 13.1 Å². The molecule has 3 aliphatic rings. The smallest absolute Gasteiger partial charge is 0.264 e. The van der Waals surface area contributed by atoms with E-state index in [2.05, 4.69) is 9.62 Å². The average molecular weight is 559 g/mol. The van der Waals surface area contributed by atoms with E-state index in [4.69, 9.17) is 21.1 Å². The topological polar surface area (TPSA) is 84.9 Å². The van der Waals surface area contributed by atoms with Gasteiger partial charge in [-0.1, -0.05) is 29.8 Å². The summed E-state index contributed by atoms with van der Waals surface area (Å²) in [6.07, 6.45) is 9.13. The Morgan fingerprint density at radius 3 is 2.76 bits per heavy atom. The predicted octanol–water partition coefficient (Wildman–Crippen LogP) is 5.12. The third-order valence-electron chi connectivity index (χ3n) is 7.99. The molecule has 0 radical (unpaired) electrons. The summed E-state index contributed by atoms with van der Waals surface area (Å²) >= 11 is 6.29. The first-order chi connectivity index (χ1) is 18.3. The van der Waals surface area contributed by atoms with Gasteiger partial charge in [0.1, 0.15) is 12.4 Å². The Kier molecular flexibility index (Phi) is 8.31. The van der Waals surface area contributed by atoms with E-state index < -0.39 is 15.9 Å². The number of amides is 1. The minimum atomic E-state index is -3.78. The third-order valence-corrected chi connectivity index (χ3v) is 9.49. The van der Waals surface area contributed by atoms with Crippen molar-refractivity contribution >= 4 is 33.2 Å².